The second-order valence-electron chi connectivity index (χ2n) is 5.09. The van der Waals surface area contributed by atoms with Crippen LogP contribution < -0.4 is 10.2 Å². The zero-order valence-electron chi connectivity index (χ0n) is 11.7. The molecule has 0 saturated heterocycles. The first kappa shape index (κ1) is 13.8. The van der Waals surface area contributed by atoms with Crippen molar-refractivity contribution in [3.8, 4) is 0 Å². The molecule has 0 aliphatic heterocycles. The number of nitrogens with zero attached hydrogens (tertiary/aromatic N) is 2. The van der Waals surface area contributed by atoms with Crippen LogP contribution in [0.2, 0.25) is 0 Å². The van der Waals surface area contributed by atoms with Crippen LogP contribution in [0.4, 0.5) is 5.69 Å². The van der Waals surface area contributed by atoms with Crippen molar-refractivity contribution in [2.75, 3.05) is 18.0 Å². The summed E-state index contributed by atoms with van der Waals surface area (Å²) in [7, 11) is 0. The van der Waals surface area contributed by atoms with Crippen molar-refractivity contribution < 1.29 is 0 Å². The van der Waals surface area contributed by atoms with Gasteiger partial charge in [0, 0.05) is 48.8 Å². The lowest BCUT2D eigenvalue weighted by Gasteiger charge is -2.25. The Balaban J connectivity index is 2.19. The van der Waals surface area contributed by atoms with Gasteiger partial charge in [-0.3, -0.25) is 4.98 Å². The molecule has 1 heterocycles. The summed E-state index contributed by atoms with van der Waals surface area (Å²) in [5, 5.41) is 3.55. The van der Waals surface area contributed by atoms with E-state index in [1.54, 1.807) is 0 Å². The molecule has 0 spiro atoms. The SMILES string of the molecule is C=CCN(CC=C)c1cc(C)ncc1CNC1CC1. The molecule has 0 unspecified atom stereocenters. The Labute approximate surface area is 116 Å². The van der Waals surface area contributed by atoms with Crippen LogP contribution in [0.15, 0.2) is 37.6 Å². The van der Waals surface area contributed by atoms with Crippen molar-refractivity contribution in [1.82, 2.24) is 10.3 Å². The Morgan fingerprint density at radius 1 is 1.37 bits per heavy atom. The fourth-order valence-corrected chi connectivity index (χ4v) is 2.13. The fraction of sp³-hybridized carbons (Fsp3) is 0.438. The summed E-state index contributed by atoms with van der Waals surface area (Å²) in [6, 6.07) is 2.86. The van der Waals surface area contributed by atoms with E-state index in [0.717, 1.165) is 25.3 Å². The van der Waals surface area contributed by atoms with Crippen LogP contribution in [-0.2, 0) is 6.54 Å². The Bertz CT molecular complexity index is 439. The van der Waals surface area contributed by atoms with Crippen LogP contribution in [-0.4, -0.2) is 24.1 Å². The van der Waals surface area contributed by atoms with E-state index < -0.39 is 0 Å². The summed E-state index contributed by atoms with van der Waals surface area (Å²) < 4.78 is 0. The molecule has 102 valence electrons. The van der Waals surface area contributed by atoms with Gasteiger partial charge >= 0.3 is 0 Å². The van der Waals surface area contributed by atoms with Crippen molar-refractivity contribution in [2.45, 2.75) is 32.4 Å². The fourth-order valence-electron chi connectivity index (χ4n) is 2.13. The highest BCUT2D eigenvalue weighted by atomic mass is 15.1. The van der Waals surface area contributed by atoms with Crippen molar-refractivity contribution in [3.05, 3.63) is 48.8 Å². The molecule has 0 bridgehead atoms. The van der Waals surface area contributed by atoms with Gasteiger partial charge in [0.1, 0.15) is 0 Å². The maximum absolute atomic E-state index is 4.42. The van der Waals surface area contributed by atoms with Gasteiger partial charge in [-0.2, -0.15) is 0 Å². The Morgan fingerprint density at radius 2 is 2.05 bits per heavy atom. The van der Waals surface area contributed by atoms with E-state index in [9.17, 15) is 0 Å². The van der Waals surface area contributed by atoms with E-state index in [2.05, 4.69) is 34.4 Å². The average Bonchev–Trinajstić information content (AvgIpc) is 3.21. The van der Waals surface area contributed by atoms with Gasteiger partial charge in [0.25, 0.3) is 0 Å². The number of nitrogens with one attached hydrogen (secondary N) is 1. The number of hydrogen-bond donors (Lipinski definition) is 1. The van der Waals surface area contributed by atoms with Crippen LogP contribution in [0.1, 0.15) is 24.1 Å². The standard InChI is InChI=1S/C16H23N3/c1-4-8-19(9-5-2)16-10-13(3)17-11-14(16)12-18-15-6-7-15/h4-5,10-11,15,18H,1-2,6-9,12H2,3H3. The van der Waals surface area contributed by atoms with E-state index in [0.29, 0.717) is 6.04 Å². The molecule has 1 saturated carbocycles. The van der Waals surface area contributed by atoms with Gasteiger partial charge in [-0.05, 0) is 25.8 Å². The van der Waals surface area contributed by atoms with Crippen molar-refractivity contribution in [2.24, 2.45) is 0 Å². The quantitative estimate of drug-likeness (QED) is 0.726. The molecular weight excluding hydrogens is 234 g/mol. The smallest absolute Gasteiger partial charge is 0.0451 e. The van der Waals surface area contributed by atoms with E-state index >= 15 is 0 Å². The lowest BCUT2D eigenvalue weighted by atomic mass is 10.1. The first-order chi connectivity index (χ1) is 9.24. The third kappa shape index (κ3) is 3.93. The number of aryl methyl sites for hydroxylation is 1. The third-order valence-electron chi connectivity index (χ3n) is 3.30. The van der Waals surface area contributed by atoms with E-state index in [1.807, 2.05) is 25.3 Å². The highest BCUT2D eigenvalue weighted by Crippen LogP contribution is 2.24. The normalized spacial score (nSPS) is 14.2. The molecule has 3 nitrogen and oxygen atoms in total. The molecule has 19 heavy (non-hydrogen) atoms. The molecule has 0 amide bonds. The monoisotopic (exact) mass is 257 g/mol. The average molecular weight is 257 g/mol. The molecular formula is C16H23N3. The molecule has 3 heteroatoms. The number of aromatic nitrogens is 1. The van der Waals surface area contributed by atoms with E-state index in [1.165, 1.54) is 24.1 Å². The van der Waals surface area contributed by atoms with Crippen LogP contribution >= 0.6 is 0 Å². The lowest BCUT2D eigenvalue weighted by molar-refractivity contribution is 0.683. The zero-order valence-corrected chi connectivity index (χ0v) is 11.7. The molecule has 1 aliphatic rings. The summed E-state index contributed by atoms with van der Waals surface area (Å²) in [6.45, 7) is 12.2. The molecule has 1 fully saturated rings. The third-order valence-corrected chi connectivity index (χ3v) is 3.30. The minimum Gasteiger partial charge on any atom is -0.364 e. The van der Waals surface area contributed by atoms with Gasteiger partial charge in [-0.15, -0.1) is 13.2 Å². The predicted molar refractivity (Wildman–Crippen MR) is 81.4 cm³/mol. The maximum atomic E-state index is 4.42. The number of pyridine rings is 1. The summed E-state index contributed by atoms with van der Waals surface area (Å²) in [4.78, 5) is 6.70. The van der Waals surface area contributed by atoms with E-state index in [4.69, 9.17) is 0 Å². The van der Waals surface area contributed by atoms with Gasteiger partial charge < -0.3 is 10.2 Å². The Kier molecular flexibility index (Phi) is 4.74. The van der Waals surface area contributed by atoms with Gasteiger partial charge in [-0.25, -0.2) is 0 Å². The first-order valence-corrected chi connectivity index (χ1v) is 6.90. The Morgan fingerprint density at radius 3 is 2.63 bits per heavy atom. The zero-order chi connectivity index (χ0) is 13.7. The van der Waals surface area contributed by atoms with Crippen molar-refractivity contribution in [3.63, 3.8) is 0 Å². The first-order valence-electron chi connectivity index (χ1n) is 6.90. The number of hydrogen-bond acceptors (Lipinski definition) is 3. The second-order valence-corrected chi connectivity index (χ2v) is 5.09. The van der Waals surface area contributed by atoms with Gasteiger partial charge in [0.15, 0.2) is 0 Å². The predicted octanol–water partition coefficient (Wildman–Crippen LogP) is 2.82. The molecule has 0 aromatic carbocycles. The number of anilines is 1. The molecule has 1 N–H and O–H groups in total. The lowest BCUT2D eigenvalue weighted by Crippen LogP contribution is -2.26. The largest absolute Gasteiger partial charge is 0.364 e. The van der Waals surface area contributed by atoms with Crippen molar-refractivity contribution >= 4 is 5.69 Å². The minimum absolute atomic E-state index is 0.710. The van der Waals surface area contributed by atoms with Crippen LogP contribution in [0.5, 0.6) is 0 Å². The molecule has 1 aromatic rings. The molecule has 1 aliphatic carbocycles. The van der Waals surface area contributed by atoms with Gasteiger partial charge in [-0.1, -0.05) is 12.2 Å². The topological polar surface area (TPSA) is 28.2 Å². The van der Waals surface area contributed by atoms with Gasteiger partial charge in [0.2, 0.25) is 0 Å². The number of rotatable bonds is 8. The molecule has 2 rings (SSSR count). The summed E-state index contributed by atoms with van der Waals surface area (Å²) in [5.41, 5.74) is 3.53. The summed E-state index contributed by atoms with van der Waals surface area (Å²) in [5.74, 6) is 0. The minimum atomic E-state index is 0.710. The highest BCUT2D eigenvalue weighted by Gasteiger charge is 2.21. The molecule has 1 aromatic heterocycles. The van der Waals surface area contributed by atoms with E-state index in [-0.39, 0.29) is 0 Å². The van der Waals surface area contributed by atoms with Crippen LogP contribution in [0.3, 0.4) is 0 Å². The van der Waals surface area contributed by atoms with Crippen LogP contribution in [0, 0.1) is 6.92 Å². The maximum Gasteiger partial charge on any atom is 0.0451 e. The van der Waals surface area contributed by atoms with Gasteiger partial charge in [0.05, 0.1) is 0 Å². The second kappa shape index (κ2) is 6.53. The molecule has 0 atom stereocenters. The van der Waals surface area contributed by atoms with Crippen molar-refractivity contribution in [1.29, 1.82) is 0 Å². The highest BCUT2D eigenvalue weighted by molar-refractivity contribution is 5.54. The van der Waals surface area contributed by atoms with Crippen LogP contribution in [0.25, 0.3) is 0 Å². The molecule has 0 radical (unpaired) electrons. The Hall–Kier alpha value is -1.61. The summed E-state index contributed by atoms with van der Waals surface area (Å²) >= 11 is 0. The summed E-state index contributed by atoms with van der Waals surface area (Å²) in [6.07, 6.45) is 8.45.